The number of benzene rings is 1. The highest BCUT2D eigenvalue weighted by Crippen LogP contribution is 2.34. The van der Waals surface area contributed by atoms with Gasteiger partial charge in [0.2, 0.25) is 0 Å². The van der Waals surface area contributed by atoms with Crippen LogP contribution in [0.5, 0.6) is 0 Å². The van der Waals surface area contributed by atoms with E-state index in [1.807, 2.05) is 38.1 Å². The molecule has 0 spiro atoms. The van der Waals surface area contributed by atoms with Crippen LogP contribution in [0.2, 0.25) is 0 Å². The average Bonchev–Trinajstić information content (AvgIpc) is 3.28. The van der Waals surface area contributed by atoms with Gasteiger partial charge >= 0.3 is 0 Å². The normalized spacial score (nSPS) is 19.2. The highest BCUT2D eigenvalue weighted by Gasteiger charge is 2.41. The molecule has 1 atom stereocenters. The number of Topliss-reactive ketones (excluding diaryl/α,β-unsaturated/α-hetero) is 1. The minimum absolute atomic E-state index is 0.0799. The molecule has 132 valence electrons. The van der Waals surface area contributed by atoms with E-state index in [2.05, 4.69) is 16.4 Å². The first kappa shape index (κ1) is 16.7. The SMILES string of the molecule is Cc1cccc(-c2cnc(NC(=O)C3(C)CCC(=O)c4cccn43)s2)c1. The van der Waals surface area contributed by atoms with E-state index in [1.165, 1.54) is 16.9 Å². The molecular weight excluding hydrogens is 346 g/mol. The van der Waals surface area contributed by atoms with E-state index in [0.29, 0.717) is 23.7 Å². The second-order valence-electron chi connectivity index (χ2n) is 6.81. The Balaban J connectivity index is 1.58. The molecule has 0 saturated carbocycles. The first-order valence-corrected chi connectivity index (χ1v) is 9.34. The van der Waals surface area contributed by atoms with Crippen LogP contribution in [-0.2, 0) is 10.3 Å². The molecule has 6 heteroatoms. The van der Waals surface area contributed by atoms with Crippen molar-refractivity contribution in [3.8, 4) is 10.4 Å². The molecule has 5 nitrogen and oxygen atoms in total. The third kappa shape index (κ3) is 2.76. The summed E-state index contributed by atoms with van der Waals surface area (Å²) in [6, 6.07) is 11.8. The molecule has 1 aromatic carbocycles. The van der Waals surface area contributed by atoms with Crippen molar-refractivity contribution in [3.63, 3.8) is 0 Å². The van der Waals surface area contributed by atoms with Crippen LogP contribution >= 0.6 is 11.3 Å². The van der Waals surface area contributed by atoms with E-state index < -0.39 is 5.54 Å². The Morgan fingerprint density at radius 2 is 2.15 bits per heavy atom. The van der Waals surface area contributed by atoms with Gasteiger partial charge in [0, 0.05) is 18.8 Å². The lowest BCUT2D eigenvalue weighted by Gasteiger charge is -2.34. The standard InChI is InChI=1S/C20H19N3O2S/c1-13-5-3-6-14(11-13)17-12-21-19(26-17)22-18(25)20(2)9-8-16(24)15-7-4-10-23(15)20/h3-7,10-12H,8-9H2,1-2H3,(H,21,22,25). The van der Waals surface area contributed by atoms with E-state index in [4.69, 9.17) is 0 Å². The van der Waals surface area contributed by atoms with Crippen LogP contribution in [0.15, 0.2) is 48.8 Å². The molecular formula is C20H19N3O2S. The van der Waals surface area contributed by atoms with Gasteiger partial charge in [-0.1, -0.05) is 41.2 Å². The first-order chi connectivity index (χ1) is 12.5. The number of thiazole rings is 1. The minimum atomic E-state index is -0.790. The zero-order valence-electron chi connectivity index (χ0n) is 14.7. The van der Waals surface area contributed by atoms with Gasteiger partial charge in [-0.05, 0) is 38.0 Å². The van der Waals surface area contributed by atoms with Gasteiger partial charge in [-0.2, -0.15) is 0 Å². The van der Waals surface area contributed by atoms with Crippen LogP contribution < -0.4 is 5.32 Å². The molecule has 0 fully saturated rings. The van der Waals surface area contributed by atoms with Crippen LogP contribution in [0.1, 0.15) is 35.8 Å². The van der Waals surface area contributed by atoms with E-state index in [9.17, 15) is 9.59 Å². The summed E-state index contributed by atoms with van der Waals surface area (Å²) in [5.74, 6) is -0.0659. The molecule has 0 aliphatic carbocycles. The number of hydrogen-bond acceptors (Lipinski definition) is 4. The number of amides is 1. The Hall–Kier alpha value is -2.73. The molecule has 4 rings (SSSR count). The number of fused-ring (bicyclic) bond motifs is 1. The third-order valence-electron chi connectivity index (χ3n) is 4.92. The number of anilines is 1. The van der Waals surface area contributed by atoms with Gasteiger partial charge in [0.05, 0.1) is 10.6 Å². The fourth-order valence-electron chi connectivity index (χ4n) is 3.36. The van der Waals surface area contributed by atoms with E-state index >= 15 is 0 Å². The summed E-state index contributed by atoms with van der Waals surface area (Å²) in [7, 11) is 0. The van der Waals surface area contributed by atoms with Crippen molar-refractivity contribution in [2.45, 2.75) is 32.2 Å². The highest BCUT2D eigenvalue weighted by molar-refractivity contribution is 7.19. The van der Waals surface area contributed by atoms with Crippen molar-refractivity contribution < 1.29 is 9.59 Å². The van der Waals surface area contributed by atoms with Gasteiger partial charge in [0.25, 0.3) is 5.91 Å². The molecule has 2 aromatic heterocycles. The van der Waals surface area contributed by atoms with E-state index in [1.54, 1.807) is 23.0 Å². The van der Waals surface area contributed by atoms with Crippen LogP contribution in [-0.4, -0.2) is 21.2 Å². The smallest absolute Gasteiger partial charge is 0.252 e. The Bertz CT molecular complexity index is 1000. The minimum Gasteiger partial charge on any atom is -0.330 e. The molecule has 3 heterocycles. The molecule has 1 N–H and O–H groups in total. The number of hydrogen-bond donors (Lipinski definition) is 1. The maximum absolute atomic E-state index is 13.0. The van der Waals surface area contributed by atoms with Gasteiger partial charge in [-0.15, -0.1) is 0 Å². The van der Waals surface area contributed by atoms with Crippen LogP contribution in [0.4, 0.5) is 5.13 Å². The van der Waals surface area contributed by atoms with Gasteiger partial charge < -0.3 is 4.57 Å². The lowest BCUT2D eigenvalue weighted by atomic mass is 9.88. The number of carbonyl (C=O) groups excluding carboxylic acids is 2. The predicted molar refractivity (Wildman–Crippen MR) is 103 cm³/mol. The van der Waals surface area contributed by atoms with Crippen molar-refractivity contribution in [1.82, 2.24) is 9.55 Å². The molecule has 26 heavy (non-hydrogen) atoms. The summed E-state index contributed by atoms with van der Waals surface area (Å²) < 4.78 is 1.78. The lowest BCUT2D eigenvalue weighted by Crippen LogP contribution is -2.46. The zero-order valence-corrected chi connectivity index (χ0v) is 15.5. The van der Waals surface area contributed by atoms with Gasteiger partial charge in [0.15, 0.2) is 10.9 Å². The van der Waals surface area contributed by atoms with Crippen molar-refractivity contribution >= 4 is 28.2 Å². The van der Waals surface area contributed by atoms with Gasteiger partial charge in [-0.25, -0.2) is 4.98 Å². The lowest BCUT2D eigenvalue weighted by molar-refractivity contribution is -0.124. The summed E-state index contributed by atoms with van der Waals surface area (Å²) in [6.45, 7) is 3.92. The van der Waals surface area contributed by atoms with E-state index in [-0.39, 0.29) is 11.7 Å². The van der Waals surface area contributed by atoms with E-state index in [0.717, 1.165) is 10.4 Å². The fourth-order valence-corrected chi connectivity index (χ4v) is 4.17. The summed E-state index contributed by atoms with van der Waals surface area (Å²) in [5.41, 5.74) is 2.07. The van der Waals surface area contributed by atoms with Crippen molar-refractivity contribution in [3.05, 3.63) is 60.0 Å². The quantitative estimate of drug-likeness (QED) is 0.755. The highest BCUT2D eigenvalue weighted by atomic mass is 32.1. The number of carbonyl (C=O) groups is 2. The molecule has 1 unspecified atom stereocenters. The first-order valence-electron chi connectivity index (χ1n) is 8.53. The third-order valence-corrected chi connectivity index (χ3v) is 5.88. The van der Waals surface area contributed by atoms with Crippen LogP contribution in [0, 0.1) is 6.92 Å². The zero-order chi connectivity index (χ0) is 18.3. The summed E-state index contributed by atoms with van der Waals surface area (Å²) in [5, 5.41) is 3.51. The molecule has 1 aliphatic rings. The number of nitrogens with one attached hydrogen (secondary N) is 1. The average molecular weight is 365 g/mol. The van der Waals surface area contributed by atoms with Crippen molar-refractivity contribution in [1.29, 1.82) is 0 Å². The van der Waals surface area contributed by atoms with Crippen LogP contribution in [0.3, 0.4) is 0 Å². The summed E-state index contributed by atoms with van der Waals surface area (Å²) >= 11 is 1.45. The second-order valence-corrected chi connectivity index (χ2v) is 7.84. The maximum atomic E-state index is 13.0. The number of rotatable bonds is 3. The molecule has 0 bridgehead atoms. The van der Waals surface area contributed by atoms with Gasteiger partial charge in [0.1, 0.15) is 5.54 Å². The maximum Gasteiger partial charge on any atom is 0.252 e. The number of nitrogens with zero attached hydrogens (tertiary/aromatic N) is 2. The molecule has 0 saturated heterocycles. The van der Waals surface area contributed by atoms with Crippen molar-refractivity contribution in [2.75, 3.05) is 5.32 Å². The number of ketones is 1. The predicted octanol–water partition coefficient (Wildman–Crippen LogP) is 4.25. The van der Waals surface area contributed by atoms with Crippen LogP contribution in [0.25, 0.3) is 10.4 Å². The molecule has 3 aromatic rings. The van der Waals surface area contributed by atoms with Crippen molar-refractivity contribution in [2.24, 2.45) is 0 Å². The topological polar surface area (TPSA) is 64.0 Å². The number of aryl methyl sites for hydroxylation is 1. The molecule has 1 amide bonds. The summed E-state index contributed by atoms with van der Waals surface area (Å²) in [6.07, 6.45) is 4.44. The Labute approximate surface area is 155 Å². The Kier molecular flexibility index (Phi) is 4.00. The molecule has 1 aliphatic heterocycles. The fraction of sp³-hybridized carbons (Fsp3) is 0.250. The Morgan fingerprint density at radius 3 is 2.96 bits per heavy atom. The second kappa shape index (κ2) is 6.21. The monoisotopic (exact) mass is 365 g/mol. The number of aromatic nitrogens is 2. The largest absolute Gasteiger partial charge is 0.330 e. The Morgan fingerprint density at radius 1 is 1.31 bits per heavy atom. The molecule has 0 radical (unpaired) electrons. The summed E-state index contributed by atoms with van der Waals surface area (Å²) in [4.78, 5) is 30.4. The van der Waals surface area contributed by atoms with Gasteiger partial charge in [-0.3, -0.25) is 14.9 Å².